The molecule has 0 aliphatic rings. The summed E-state index contributed by atoms with van der Waals surface area (Å²) in [4.78, 5) is 0. The van der Waals surface area contributed by atoms with Gasteiger partial charge in [0.25, 0.3) is 0 Å². The van der Waals surface area contributed by atoms with Crippen LogP contribution in [0.5, 0.6) is 0 Å². The molecular weight excluding hydrogens is 214 g/mol. The van der Waals surface area contributed by atoms with Crippen molar-refractivity contribution in [2.75, 3.05) is 7.05 Å². The summed E-state index contributed by atoms with van der Waals surface area (Å²) < 4.78 is 0. The average Bonchev–Trinajstić information content (AvgIpc) is 2.75. The molecule has 0 saturated carbocycles. The summed E-state index contributed by atoms with van der Waals surface area (Å²) in [5.74, 6) is 0. The summed E-state index contributed by atoms with van der Waals surface area (Å²) in [7, 11) is 2.02. The normalized spacial score (nSPS) is 12.7. The van der Waals surface area contributed by atoms with E-state index in [0.29, 0.717) is 6.04 Å². The first-order valence-electron chi connectivity index (χ1n) is 5.49. The Bertz CT molecular complexity index is 460. The minimum Gasteiger partial charge on any atom is -0.309 e. The van der Waals surface area contributed by atoms with Gasteiger partial charge in [0, 0.05) is 0 Å². The number of rotatable bonds is 3. The highest BCUT2D eigenvalue weighted by molar-refractivity contribution is 7.08. The van der Waals surface area contributed by atoms with Crippen molar-refractivity contribution in [3.8, 4) is 0 Å². The Balaban J connectivity index is 2.41. The average molecular weight is 231 g/mol. The van der Waals surface area contributed by atoms with Gasteiger partial charge in [0.15, 0.2) is 0 Å². The second-order valence-corrected chi connectivity index (χ2v) is 4.92. The van der Waals surface area contributed by atoms with E-state index in [1.807, 2.05) is 7.05 Å². The molecule has 16 heavy (non-hydrogen) atoms. The predicted octanol–water partition coefficient (Wildman–Crippen LogP) is 3.67. The molecule has 2 rings (SSSR count). The number of hydrogen-bond donors (Lipinski definition) is 1. The summed E-state index contributed by atoms with van der Waals surface area (Å²) in [5, 5.41) is 7.72. The number of thiophene rings is 1. The summed E-state index contributed by atoms with van der Waals surface area (Å²) in [6.45, 7) is 4.31. The quantitative estimate of drug-likeness (QED) is 0.850. The summed E-state index contributed by atoms with van der Waals surface area (Å²) in [5.41, 5.74) is 5.39. The van der Waals surface area contributed by atoms with Crippen LogP contribution in [-0.2, 0) is 0 Å². The zero-order valence-corrected chi connectivity index (χ0v) is 10.8. The molecule has 1 atom stereocenters. The van der Waals surface area contributed by atoms with E-state index in [-0.39, 0.29) is 0 Å². The fourth-order valence-electron chi connectivity index (χ4n) is 2.09. The van der Waals surface area contributed by atoms with Crippen molar-refractivity contribution in [3.63, 3.8) is 0 Å². The summed E-state index contributed by atoms with van der Waals surface area (Å²) in [6.07, 6.45) is 0. The van der Waals surface area contributed by atoms with Crippen LogP contribution in [-0.4, -0.2) is 7.05 Å². The zero-order valence-electron chi connectivity index (χ0n) is 9.95. The zero-order chi connectivity index (χ0) is 11.5. The van der Waals surface area contributed by atoms with Gasteiger partial charge in [-0.05, 0) is 54.4 Å². The fourth-order valence-corrected chi connectivity index (χ4v) is 2.78. The first-order valence-corrected chi connectivity index (χ1v) is 6.43. The Morgan fingerprint density at radius 3 is 2.56 bits per heavy atom. The molecule has 0 saturated heterocycles. The van der Waals surface area contributed by atoms with E-state index >= 15 is 0 Å². The third-order valence-corrected chi connectivity index (χ3v) is 3.60. The monoisotopic (exact) mass is 231 g/mol. The lowest BCUT2D eigenvalue weighted by Gasteiger charge is -2.18. The van der Waals surface area contributed by atoms with Crippen LogP contribution in [0.25, 0.3) is 0 Å². The van der Waals surface area contributed by atoms with Gasteiger partial charge in [-0.25, -0.2) is 0 Å². The molecule has 1 nitrogen and oxygen atoms in total. The number of hydrogen-bond acceptors (Lipinski definition) is 2. The molecule has 1 N–H and O–H groups in total. The maximum Gasteiger partial charge on any atom is 0.0585 e. The van der Waals surface area contributed by atoms with Gasteiger partial charge in [-0.15, -0.1) is 0 Å². The molecule has 1 heterocycles. The minimum atomic E-state index is 0.312. The molecule has 0 aliphatic heterocycles. The van der Waals surface area contributed by atoms with Gasteiger partial charge in [-0.1, -0.05) is 23.8 Å². The van der Waals surface area contributed by atoms with E-state index < -0.39 is 0 Å². The Labute approximate surface area is 101 Å². The summed E-state index contributed by atoms with van der Waals surface area (Å²) in [6, 6.07) is 9.14. The number of nitrogens with one attached hydrogen (secondary N) is 1. The second kappa shape index (κ2) is 4.81. The van der Waals surface area contributed by atoms with Crippen molar-refractivity contribution in [2.45, 2.75) is 19.9 Å². The molecule has 0 aliphatic carbocycles. The molecule has 1 unspecified atom stereocenters. The SMILES string of the molecule is CNC(c1ccsc1)c1ccc(C)cc1C. The van der Waals surface area contributed by atoms with Crippen LogP contribution in [0.1, 0.15) is 28.3 Å². The second-order valence-electron chi connectivity index (χ2n) is 4.14. The molecule has 0 amide bonds. The molecule has 0 spiro atoms. The molecular formula is C14H17NS. The van der Waals surface area contributed by atoms with Gasteiger partial charge in [0.1, 0.15) is 0 Å². The lowest BCUT2D eigenvalue weighted by molar-refractivity contribution is 0.690. The predicted molar refractivity (Wildman–Crippen MR) is 71.1 cm³/mol. The van der Waals surface area contributed by atoms with Crippen molar-refractivity contribution in [2.24, 2.45) is 0 Å². The highest BCUT2D eigenvalue weighted by atomic mass is 32.1. The Morgan fingerprint density at radius 1 is 1.19 bits per heavy atom. The molecule has 1 aromatic heterocycles. The third-order valence-electron chi connectivity index (χ3n) is 2.90. The fraction of sp³-hybridized carbons (Fsp3) is 0.286. The largest absolute Gasteiger partial charge is 0.309 e. The van der Waals surface area contributed by atoms with Crippen LogP contribution in [0.2, 0.25) is 0 Å². The van der Waals surface area contributed by atoms with E-state index in [0.717, 1.165) is 0 Å². The lowest BCUT2D eigenvalue weighted by Crippen LogP contribution is -2.18. The van der Waals surface area contributed by atoms with Crippen molar-refractivity contribution >= 4 is 11.3 Å². The smallest absolute Gasteiger partial charge is 0.0585 e. The number of aryl methyl sites for hydroxylation is 2. The van der Waals surface area contributed by atoms with Gasteiger partial charge in [0.05, 0.1) is 6.04 Å². The van der Waals surface area contributed by atoms with E-state index in [1.54, 1.807) is 11.3 Å². The molecule has 2 aromatic rings. The highest BCUT2D eigenvalue weighted by Crippen LogP contribution is 2.26. The van der Waals surface area contributed by atoms with E-state index in [4.69, 9.17) is 0 Å². The van der Waals surface area contributed by atoms with Crippen molar-refractivity contribution in [1.82, 2.24) is 5.32 Å². The maximum atomic E-state index is 3.39. The standard InChI is InChI=1S/C14H17NS/c1-10-4-5-13(11(2)8-10)14(15-3)12-6-7-16-9-12/h4-9,14-15H,1-3H3. The lowest BCUT2D eigenvalue weighted by atomic mass is 9.96. The van der Waals surface area contributed by atoms with Gasteiger partial charge in [0.2, 0.25) is 0 Å². The molecule has 84 valence electrons. The highest BCUT2D eigenvalue weighted by Gasteiger charge is 2.14. The minimum absolute atomic E-state index is 0.312. The first kappa shape index (κ1) is 11.4. The van der Waals surface area contributed by atoms with Gasteiger partial charge >= 0.3 is 0 Å². The van der Waals surface area contributed by atoms with Crippen LogP contribution in [0.15, 0.2) is 35.0 Å². The third kappa shape index (κ3) is 2.18. The molecule has 0 radical (unpaired) electrons. The summed E-state index contributed by atoms with van der Waals surface area (Å²) >= 11 is 1.75. The first-order chi connectivity index (χ1) is 7.72. The van der Waals surface area contributed by atoms with E-state index in [2.05, 4.69) is 54.2 Å². The van der Waals surface area contributed by atoms with E-state index in [9.17, 15) is 0 Å². The Kier molecular flexibility index (Phi) is 3.42. The van der Waals surface area contributed by atoms with Crippen LogP contribution in [0.3, 0.4) is 0 Å². The van der Waals surface area contributed by atoms with Crippen LogP contribution >= 0.6 is 11.3 Å². The molecule has 2 heteroatoms. The van der Waals surface area contributed by atoms with Gasteiger partial charge < -0.3 is 5.32 Å². The van der Waals surface area contributed by atoms with Gasteiger partial charge in [-0.2, -0.15) is 11.3 Å². The van der Waals surface area contributed by atoms with Crippen molar-refractivity contribution in [3.05, 3.63) is 57.3 Å². The Hall–Kier alpha value is -1.12. The van der Waals surface area contributed by atoms with Crippen LogP contribution in [0.4, 0.5) is 0 Å². The maximum absolute atomic E-state index is 3.39. The molecule has 0 fully saturated rings. The Morgan fingerprint density at radius 2 is 2.00 bits per heavy atom. The van der Waals surface area contributed by atoms with Crippen LogP contribution < -0.4 is 5.32 Å². The molecule has 0 bridgehead atoms. The van der Waals surface area contributed by atoms with Gasteiger partial charge in [-0.3, -0.25) is 0 Å². The van der Waals surface area contributed by atoms with Crippen molar-refractivity contribution < 1.29 is 0 Å². The van der Waals surface area contributed by atoms with Crippen LogP contribution in [0, 0.1) is 13.8 Å². The van der Waals surface area contributed by atoms with Crippen molar-refractivity contribution in [1.29, 1.82) is 0 Å². The number of benzene rings is 1. The molecule has 1 aromatic carbocycles. The van der Waals surface area contributed by atoms with E-state index in [1.165, 1.54) is 22.3 Å². The topological polar surface area (TPSA) is 12.0 Å².